The van der Waals surface area contributed by atoms with Crippen molar-refractivity contribution in [3.05, 3.63) is 36.4 Å². The summed E-state index contributed by atoms with van der Waals surface area (Å²) in [5.41, 5.74) is 1.86. The van der Waals surface area contributed by atoms with Crippen LogP contribution in [0.2, 0.25) is 0 Å². The number of fused-ring (bicyclic) bond motifs is 1. The van der Waals surface area contributed by atoms with E-state index >= 15 is 0 Å². The average molecular weight is 421 g/mol. The minimum Gasteiger partial charge on any atom is -0.481 e. The number of anilines is 2. The van der Waals surface area contributed by atoms with E-state index in [0.29, 0.717) is 6.54 Å². The predicted molar refractivity (Wildman–Crippen MR) is 121 cm³/mol. The lowest BCUT2D eigenvalue weighted by Crippen LogP contribution is -2.26. The minimum atomic E-state index is -2.08. The number of carboxylic acid groups (broad SMARTS) is 1. The molecule has 0 saturated carbocycles. The van der Waals surface area contributed by atoms with Crippen molar-refractivity contribution in [2.24, 2.45) is 0 Å². The molecule has 6 nitrogen and oxygen atoms in total. The van der Waals surface area contributed by atoms with Crippen molar-refractivity contribution < 1.29 is 18.7 Å². The maximum atomic E-state index is 12.0. The van der Waals surface area contributed by atoms with Gasteiger partial charge in [0.05, 0.1) is 5.69 Å². The molecule has 0 saturated heterocycles. The van der Waals surface area contributed by atoms with Crippen LogP contribution < -0.4 is 9.21 Å². The van der Waals surface area contributed by atoms with Gasteiger partial charge in [-0.3, -0.25) is 13.7 Å². The first-order chi connectivity index (χ1) is 13.9. The standard InChI is InChI=1S/C22H32N2O4S/c1-23(2)20-14-10-13-19-18(20)12-11-15-21(19)24(29(27)28)17-9-7-5-3-4-6-8-16-22(25)26/h10-15H,3-9,16-17H2,1-2H3,(H,25,26)(H,27,28). The molecule has 0 aliphatic carbocycles. The Morgan fingerprint density at radius 3 is 1.93 bits per heavy atom. The Hall–Kier alpha value is -2.12. The highest BCUT2D eigenvalue weighted by Crippen LogP contribution is 2.33. The number of aliphatic carboxylic acids is 1. The zero-order valence-electron chi connectivity index (χ0n) is 17.3. The van der Waals surface area contributed by atoms with Gasteiger partial charge in [-0.15, -0.1) is 0 Å². The Balaban J connectivity index is 1.93. The van der Waals surface area contributed by atoms with Gasteiger partial charge in [-0.1, -0.05) is 56.4 Å². The highest BCUT2D eigenvalue weighted by molar-refractivity contribution is 7.80. The van der Waals surface area contributed by atoms with Gasteiger partial charge in [0.1, 0.15) is 0 Å². The molecule has 0 amide bonds. The van der Waals surface area contributed by atoms with Crippen molar-refractivity contribution in [1.82, 2.24) is 0 Å². The van der Waals surface area contributed by atoms with Crippen LogP contribution >= 0.6 is 0 Å². The monoisotopic (exact) mass is 420 g/mol. The van der Waals surface area contributed by atoms with Crippen LogP contribution in [0, 0.1) is 0 Å². The molecular weight excluding hydrogens is 388 g/mol. The van der Waals surface area contributed by atoms with Crippen LogP contribution in [0.3, 0.4) is 0 Å². The maximum Gasteiger partial charge on any atom is 0.303 e. The third kappa shape index (κ3) is 7.01. The Labute approximate surface area is 175 Å². The zero-order chi connectivity index (χ0) is 21.2. The largest absolute Gasteiger partial charge is 0.481 e. The molecule has 2 N–H and O–H groups in total. The quantitative estimate of drug-likeness (QED) is 0.350. The maximum absolute atomic E-state index is 12.0. The summed E-state index contributed by atoms with van der Waals surface area (Å²) < 4.78 is 23.5. The summed E-state index contributed by atoms with van der Waals surface area (Å²) in [4.78, 5) is 12.5. The molecule has 0 bridgehead atoms. The SMILES string of the molecule is CN(C)c1cccc2c(N(CCCCCCCCCC(=O)O)S(=O)O)cccc12. The van der Waals surface area contributed by atoms with E-state index in [1.165, 1.54) is 0 Å². The second-order valence-electron chi connectivity index (χ2n) is 7.50. The molecule has 160 valence electrons. The van der Waals surface area contributed by atoms with Crippen LogP contribution in [0.4, 0.5) is 11.4 Å². The molecule has 0 spiro atoms. The van der Waals surface area contributed by atoms with Gasteiger partial charge in [0.15, 0.2) is 0 Å². The van der Waals surface area contributed by atoms with Crippen molar-refractivity contribution >= 4 is 39.4 Å². The van der Waals surface area contributed by atoms with Gasteiger partial charge in [-0.25, -0.2) is 4.21 Å². The number of hydrogen-bond acceptors (Lipinski definition) is 3. The number of unbranched alkanes of at least 4 members (excludes halogenated alkanes) is 6. The number of carbonyl (C=O) groups is 1. The van der Waals surface area contributed by atoms with Crippen LogP contribution in [0.1, 0.15) is 51.4 Å². The Morgan fingerprint density at radius 2 is 1.38 bits per heavy atom. The zero-order valence-corrected chi connectivity index (χ0v) is 18.2. The summed E-state index contributed by atoms with van der Waals surface area (Å²) in [5, 5.41) is 10.7. The number of benzene rings is 2. The van der Waals surface area contributed by atoms with Gasteiger partial charge in [0.2, 0.25) is 0 Å². The van der Waals surface area contributed by atoms with E-state index in [4.69, 9.17) is 5.11 Å². The van der Waals surface area contributed by atoms with E-state index in [1.54, 1.807) is 4.31 Å². The first-order valence-corrected chi connectivity index (χ1v) is 11.3. The second-order valence-corrected chi connectivity index (χ2v) is 8.40. The van der Waals surface area contributed by atoms with Crippen LogP contribution in [0.5, 0.6) is 0 Å². The van der Waals surface area contributed by atoms with Crippen LogP contribution in [-0.4, -0.2) is 40.5 Å². The van der Waals surface area contributed by atoms with Gasteiger partial charge in [-0.2, -0.15) is 0 Å². The van der Waals surface area contributed by atoms with Crippen molar-refractivity contribution in [1.29, 1.82) is 0 Å². The van der Waals surface area contributed by atoms with Crippen LogP contribution in [0.15, 0.2) is 36.4 Å². The molecule has 1 atom stereocenters. The molecule has 0 heterocycles. The Bertz CT molecular complexity index is 826. The number of rotatable bonds is 13. The summed E-state index contributed by atoms with van der Waals surface area (Å²) >= 11 is -2.08. The molecular formula is C22H32N2O4S. The van der Waals surface area contributed by atoms with E-state index in [-0.39, 0.29) is 6.42 Å². The fourth-order valence-corrected chi connectivity index (χ4v) is 4.20. The summed E-state index contributed by atoms with van der Waals surface area (Å²) in [6.07, 6.45) is 6.93. The van der Waals surface area contributed by atoms with Gasteiger partial charge < -0.3 is 10.0 Å². The minimum absolute atomic E-state index is 0.248. The molecule has 0 aliphatic heterocycles. The molecule has 2 aromatic rings. The fourth-order valence-electron chi connectivity index (χ4n) is 3.58. The molecule has 0 aliphatic rings. The molecule has 2 rings (SSSR count). The topological polar surface area (TPSA) is 81.1 Å². The molecule has 0 fully saturated rings. The number of carboxylic acids is 1. The number of nitrogens with zero attached hydrogens (tertiary/aromatic N) is 2. The second kappa shape index (κ2) is 11.8. The summed E-state index contributed by atoms with van der Waals surface area (Å²) in [6, 6.07) is 11.9. The van der Waals surface area contributed by atoms with Gasteiger partial charge in [0.25, 0.3) is 11.3 Å². The lowest BCUT2D eigenvalue weighted by atomic mass is 10.1. The highest BCUT2D eigenvalue weighted by atomic mass is 32.2. The van der Waals surface area contributed by atoms with Gasteiger partial charge in [0, 0.05) is 43.5 Å². The van der Waals surface area contributed by atoms with Crippen molar-refractivity contribution in [2.75, 3.05) is 29.8 Å². The predicted octanol–water partition coefficient (Wildman–Crippen LogP) is 5.05. The van der Waals surface area contributed by atoms with Crippen molar-refractivity contribution in [2.45, 2.75) is 51.4 Å². The van der Waals surface area contributed by atoms with E-state index in [1.807, 2.05) is 55.4 Å². The summed E-state index contributed by atoms with van der Waals surface area (Å²) in [6.45, 7) is 0.521. The van der Waals surface area contributed by atoms with E-state index in [2.05, 4.69) is 0 Å². The van der Waals surface area contributed by atoms with Crippen molar-refractivity contribution in [3.63, 3.8) is 0 Å². The van der Waals surface area contributed by atoms with E-state index in [9.17, 15) is 13.6 Å². The average Bonchev–Trinajstić information content (AvgIpc) is 2.68. The number of hydrogen-bond donors (Lipinski definition) is 2. The molecule has 2 aromatic carbocycles. The van der Waals surface area contributed by atoms with Gasteiger partial charge >= 0.3 is 5.97 Å². The van der Waals surface area contributed by atoms with Crippen molar-refractivity contribution in [3.8, 4) is 0 Å². The third-order valence-corrected chi connectivity index (χ3v) is 5.82. The molecule has 1 unspecified atom stereocenters. The first-order valence-electron chi connectivity index (χ1n) is 10.2. The molecule has 7 heteroatoms. The lowest BCUT2D eigenvalue weighted by Gasteiger charge is -2.23. The third-order valence-electron chi connectivity index (χ3n) is 5.07. The lowest BCUT2D eigenvalue weighted by molar-refractivity contribution is -0.137. The summed E-state index contributed by atoms with van der Waals surface area (Å²) in [7, 11) is 3.98. The van der Waals surface area contributed by atoms with E-state index < -0.39 is 17.2 Å². The summed E-state index contributed by atoms with van der Waals surface area (Å²) in [5.74, 6) is -0.728. The first kappa shape index (κ1) is 23.2. The molecule has 29 heavy (non-hydrogen) atoms. The normalized spacial score (nSPS) is 12.1. The Kier molecular flexibility index (Phi) is 9.41. The highest BCUT2D eigenvalue weighted by Gasteiger charge is 2.16. The molecule has 0 radical (unpaired) electrons. The van der Waals surface area contributed by atoms with Crippen LogP contribution in [-0.2, 0) is 16.1 Å². The smallest absolute Gasteiger partial charge is 0.303 e. The van der Waals surface area contributed by atoms with Gasteiger partial charge in [-0.05, 0) is 25.0 Å². The Morgan fingerprint density at radius 1 is 0.862 bits per heavy atom. The fraction of sp³-hybridized carbons (Fsp3) is 0.500. The van der Waals surface area contributed by atoms with Crippen LogP contribution in [0.25, 0.3) is 10.8 Å². The molecule has 0 aromatic heterocycles. The van der Waals surface area contributed by atoms with E-state index in [0.717, 1.165) is 67.1 Å².